The number of ketones is 1. The standard InChI is InChI=1S/C16H27NO2.Cr/c1-16(2)8-6-15(18)11-13(16)7-10-17-9-4-5-14(17)12-19-3;/h13-14H,4-9,11-12H2,1-3H3;/t13-,14-;/m0./s1. The number of ether oxygens (including phenoxy) is 1. The molecular formula is C16H27CrNO2. The predicted molar refractivity (Wildman–Crippen MR) is 77.4 cm³/mol. The van der Waals surface area contributed by atoms with E-state index in [1.54, 1.807) is 7.11 Å². The number of hydrogen-bond acceptors (Lipinski definition) is 3. The second-order valence-electron chi connectivity index (χ2n) is 6.97. The molecule has 1 aliphatic heterocycles. The molecule has 0 N–H and O–H groups in total. The van der Waals surface area contributed by atoms with Crippen molar-refractivity contribution < 1.29 is 25.4 Å². The third-order valence-electron chi connectivity index (χ3n) is 5.10. The van der Waals surface area contributed by atoms with Crippen molar-refractivity contribution in [2.24, 2.45) is 11.3 Å². The van der Waals surface area contributed by atoms with Gasteiger partial charge in [-0.2, -0.15) is 0 Å². The van der Waals surface area contributed by atoms with Gasteiger partial charge in [0.1, 0.15) is 0 Å². The maximum absolute atomic E-state index is 11.8. The molecule has 0 amide bonds. The van der Waals surface area contributed by atoms with Crippen LogP contribution in [-0.2, 0) is 25.4 Å². The van der Waals surface area contributed by atoms with Crippen molar-refractivity contribution in [2.45, 2.75) is 58.4 Å². The summed E-state index contributed by atoms with van der Waals surface area (Å²) in [5, 5.41) is 0. The first-order valence-electron chi connectivity index (χ1n) is 7.74. The van der Waals surface area contributed by atoms with E-state index in [0.29, 0.717) is 17.7 Å². The second kappa shape index (κ2) is 6.83. The summed E-state index contributed by atoms with van der Waals surface area (Å²) in [7, 11) is 1.78. The molecule has 1 saturated heterocycles. The van der Waals surface area contributed by atoms with Crippen molar-refractivity contribution in [3.8, 4) is 0 Å². The third kappa shape index (κ3) is 3.80. The molecule has 1 heterocycles. The first-order chi connectivity index (χ1) is 9.44. The topological polar surface area (TPSA) is 29.5 Å². The van der Waals surface area contributed by atoms with Crippen LogP contribution in [0.15, 0.2) is 0 Å². The van der Waals surface area contributed by atoms with E-state index in [9.17, 15) is 4.79 Å². The average molecular weight is 317 g/mol. The van der Waals surface area contributed by atoms with Crippen LogP contribution in [0.5, 0.6) is 0 Å². The first kappa shape index (κ1) is 16.4. The van der Waals surface area contributed by atoms with Crippen LogP contribution >= 0.6 is 0 Å². The molecule has 2 aliphatic rings. The summed E-state index contributed by atoms with van der Waals surface area (Å²) in [4.78, 5) is 14.2. The summed E-state index contributed by atoms with van der Waals surface area (Å²) in [6.07, 6.45) is 6.02. The molecule has 1 saturated carbocycles. The molecule has 0 aromatic heterocycles. The number of carbonyl (C=O) groups is 1. The van der Waals surface area contributed by atoms with Crippen molar-refractivity contribution >= 4 is 10.3 Å². The molecule has 0 aromatic rings. The summed E-state index contributed by atoms with van der Waals surface area (Å²) in [6, 6.07) is 0.513. The van der Waals surface area contributed by atoms with E-state index in [1.807, 2.05) is 0 Å². The van der Waals surface area contributed by atoms with Gasteiger partial charge in [0.05, 0.1) is 0 Å². The number of Topliss-reactive ketones (excluding diaryl/α,β-unsaturated/α-hetero) is 1. The van der Waals surface area contributed by atoms with Gasteiger partial charge in [0.15, 0.2) is 0 Å². The fourth-order valence-corrected chi connectivity index (χ4v) is 4.21. The van der Waals surface area contributed by atoms with Crippen LogP contribution in [0.4, 0.5) is 0 Å². The zero-order valence-electron chi connectivity index (χ0n) is 13.0. The van der Waals surface area contributed by atoms with E-state index in [1.165, 1.54) is 17.3 Å². The summed E-state index contributed by atoms with van der Waals surface area (Å²) >= 11 is 3.28. The van der Waals surface area contributed by atoms with Crippen molar-refractivity contribution in [1.82, 2.24) is 4.90 Å². The predicted octanol–water partition coefficient (Wildman–Crippen LogP) is 2.56. The SMILES string of the molecule is COC[C@@H]1CCCN1[C](=[Cr])C[C@H]1CC(=O)CCC1(C)C. The Balaban J connectivity index is 1.97. The van der Waals surface area contributed by atoms with Crippen LogP contribution in [-0.4, -0.2) is 41.5 Å². The monoisotopic (exact) mass is 317 g/mol. The number of nitrogens with zero attached hydrogens (tertiary/aromatic N) is 1. The molecule has 0 bridgehead atoms. The quantitative estimate of drug-likeness (QED) is 0.780. The molecule has 20 heavy (non-hydrogen) atoms. The molecule has 0 aromatic carbocycles. The number of methoxy groups -OCH3 is 1. The third-order valence-corrected chi connectivity index (χ3v) is 5.73. The molecule has 2 fully saturated rings. The van der Waals surface area contributed by atoms with Gasteiger partial charge >= 0.3 is 131 Å². The van der Waals surface area contributed by atoms with Crippen molar-refractivity contribution in [1.29, 1.82) is 0 Å². The van der Waals surface area contributed by atoms with Crippen molar-refractivity contribution in [3.05, 3.63) is 0 Å². The Morgan fingerprint density at radius 1 is 1.50 bits per heavy atom. The molecule has 114 valence electrons. The Kier molecular flexibility index (Phi) is 5.59. The van der Waals surface area contributed by atoms with Crippen LogP contribution in [0.2, 0.25) is 0 Å². The summed E-state index contributed by atoms with van der Waals surface area (Å²) in [6.45, 7) is 6.55. The molecule has 2 rings (SSSR count). The number of hydrogen-bond donors (Lipinski definition) is 0. The minimum atomic E-state index is 0.277. The second-order valence-corrected chi connectivity index (χ2v) is 7.71. The van der Waals surface area contributed by atoms with Crippen LogP contribution in [0.25, 0.3) is 0 Å². The van der Waals surface area contributed by atoms with Gasteiger partial charge in [-0.15, -0.1) is 0 Å². The zero-order valence-corrected chi connectivity index (χ0v) is 14.3. The average Bonchev–Trinajstić information content (AvgIpc) is 2.83. The van der Waals surface area contributed by atoms with Crippen LogP contribution in [0.3, 0.4) is 0 Å². The van der Waals surface area contributed by atoms with E-state index < -0.39 is 0 Å². The Bertz CT molecular complexity index is 381. The van der Waals surface area contributed by atoms with E-state index in [2.05, 4.69) is 34.6 Å². The van der Waals surface area contributed by atoms with Crippen LogP contribution < -0.4 is 0 Å². The van der Waals surface area contributed by atoms with Gasteiger partial charge in [-0.25, -0.2) is 0 Å². The van der Waals surface area contributed by atoms with Gasteiger partial charge in [-0.05, 0) is 0 Å². The zero-order chi connectivity index (χ0) is 14.8. The van der Waals surface area contributed by atoms with Crippen LogP contribution in [0.1, 0.15) is 52.4 Å². The number of carbonyl (C=O) groups excluding carboxylic acids is 1. The van der Waals surface area contributed by atoms with Crippen LogP contribution in [0, 0.1) is 11.3 Å². The maximum atomic E-state index is 11.8. The minimum absolute atomic E-state index is 0.277. The fourth-order valence-electron chi connectivity index (χ4n) is 3.53. The van der Waals surface area contributed by atoms with E-state index in [0.717, 1.165) is 38.8 Å². The fraction of sp³-hybridized carbons (Fsp3) is 0.875. The molecule has 3 nitrogen and oxygen atoms in total. The van der Waals surface area contributed by atoms with Gasteiger partial charge in [0.2, 0.25) is 0 Å². The van der Waals surface area contributed by atoms with Gasteiger partial charge in [-0.1, -0.05) is 0 Å². The van der Waals surface area contributed by atoms with Gasteiger partial charge in [0.25, 0.3) is 0 Å². The van der Waals surface area contributed by atoms with Crippen molar-refractivity contribution in [3.63, 3.8) is 0 Å². The summed E-state index contributed by atoms with van der Waals surface area (Å²) < 4.78 is 6.66. The number of likely N-dealkylation sites (tertiary alicyclic amines) is 1. The Morgan fingerprint density at radius 3 is 2.95 bits per heavy atom. The Hall–Kier alpha value is -0.00753. The summed E-state index contributed by atoms with van der Waals surface area (Å²) in [5.41, 5.74) is 0.277. The molecule has 0 radical (unpaired) electrons. The molecular weight excluding hydrogens is 290 g/mol. The Labute approximate surface area is 131 Å². The summed E-state index contributed by atoms with van der Waals surface area (Å²) in [5.74, 6) is 0.917. The molecule has 0 spiro atoms. The van der Waals surface area contributed by atoms with Gasteiger partial charge in [0, 0.05) is 0 Å². The van der Waals surface area contributed by atoms with Crippen molar-refractivity contribution in [2.75, 3.05) is 20.3 Å². The van der Waals surface area contributed by atoms with Gasteiger partial charge in [-0.3, -0.25) is 0 Å². The molecule has 2 atom stereocenters. The Morgan fingerprint density at radius 2 is 2.25 bits per heavy atom. The molecule has 1 aliphatic carbocycles. The normalized spacial score (nSPS) is 30.6. The molecule has 4 heteroatoms. The molecule has 0 unspecified atom stereocenters. The van der Waals surface area contributed by atoms with E-state index in [-0.39, 0.29) is 5.41 Å². The van der Waals surface area contributed by atoms with E-state index >= 15 is 0 Å². The van der Waals surface area contributed by atoms with Gasteiger partial charge < -0.3 is 0 Å². The van der Waals surface area contributed by atoms with E-state index in [4.69, 9.17) is 4.74 Å². The first-order valence-corrected chi connectivity index (χ1v) is 8.38. The number of rotatable bonds is 5.